The molecule has 1 aromatic heterocycles. The van der Waals surface area contributed by atoms with Gasteiger partial charge in [0.2, 0.25) is 0 Å². The van der Waals surface area contributed by atoms with Gasteiger partial charge in [0.15, 0.2) is 0 Å². The molecular formula is C25H33BrN2O3S. The Kier molecular flexibility index (Phi) is 6.61. The molecule has 0 spiro atoms. The molecule has 1 saturated heterocycles. The Morgan fingerprint density at radius 3 is 2.59 bits per heavy atom. The van der Waals surface area contributed by atoms with Crippen LogP contribution in [-0.4, -0.2) is 41.8 Å². The van der Waals surface area contributed by atoms with Crippen molar-refractivity contribution in [1.29, 1.82) is 0 Å². The summed E-state index contributed by atoms with van der Waals surface area (Å²) in [7, 11) is 1.74. The lowest BCUT2D eigenvalue weighted by atomic mass is 9.94. The minimum atomic E-state index is -0.416. The quantitative estimate of drug-likeness (QED) is 0.406. The third-order valence-corrected chi connectivity index (χ3v) is 8.63. The maximum Gasteiger partial charge on any atom is 0.410 e. The van der Waals surface area contributed by atoms with Crippen LogP contribution in [0, 0.1) is 0 Å². The molecule has 2 fully saturated rings. The normalized spacial score (nSPS) is 18.5. The Morgan fingerprint density at radius 1 is 1.31 bits per heavy atom. The van der Waals surface area contributed by atoms with Crippen LogP contribution in [0.4, 0.5) is 4.79 Å². The summed E-state index contributed by atoms with van der Waals surface area (Å²) in [6, 6.07) is 4.37. The number of hydrogen-bond donors (Lipinski definition) is 0. The molecule has 1 aromatic carbocycles. The Bertz CT molecular complexity index is 991. The van der Waals surface area contributed by atoms with Crippen molar-refractivity contribution in [1.82, 2.24) is 9.88 Å². The number of carbonyl (C=O) groups is 1. The van der Waals surface area contributed by atoms with Crippen molar-refractivity contribution in [2.75, 3.05) is 20.2 Å². The first-order chi connectivity index (χ1) is 15.2. The fraction of sp³-hybridized carbons (Fsp3) is 0.600. The van der Waals surface area contributed by atoms with E-state index in [-0.39, 0.29) is 11.5 Å². The third-order valence-electron chi connectivity index (χ3n) is 7.03. The highest BCUT2D eigenvalue weighted by Crippen LogP contribution is 2.53. The number of halogens is 1. The number of carbonyl (C=O) groups excluding carboxylic acids is 1. The fourth-order valence-corrected chi connectivity index (χ4v) is 5.77. The number of hydrogen-bond acceptors (Lipinski definition) is 5. The zero-order valence-corrected chi connectivity index (χ0v) is 22.1. The summed E-state index contributed by atoms with van der Waals surface area (Å²) in [6.45, 7) is 9.69. The molecule has 0 bridgehead atoms. The Labute approximate surface area is 203 Å². The number of thiazole rings is 1. The molecule has 5 nitrogen and oxygen atoms in total. The van der Waals surface area contributed by atoms with E-state index in [1.54, 1.807) is 18.4 Å². The highest BCUT2D eigenvalue weighted by Gasteiger charge is 2.42. The van der Waals surface area contributed by atoms with Gasteiger partial charge in [0, 0.05) is 35.5 Å². The van der Waals surface area contributed by atoms with Crippen LogP contribution in [0.1, 0.15) is 76.3 Å². The number of amides is 1. The molecular weight excluding hydrogens is 488 g/mol. The van der Waals surface area contributed by atoms with Gasteiger partial charge in [-0.15, -0.1) is 11.3 Å². The molecule has 1 amide bonds. The maximum absolute atomic E-state index is 12.5. The average molecular weight is 522 g/mol. The van der Waals surface area contributed by atoms with E-state index in [2.05, 4.69) is 40.4 Å². The summed E-state index contributed by atoms with van der Waals surface area (Å²) < 4.78 is 12.3. The number of benzene rings is 1. The second-order valence-electron chi connectivity index (χ2n) is 9.91. The van der Waals surface area contributed by atoms with Gasteiger partial charge in [-0.3, -0.25) is 0 Å². The third kappa shape index (κ3) is 4.84. The van der Waals surface area contributed by atoms with E-state index in [0.29, 0.717) is 5.92 Å². The summed E-state index contributed by atoms with van der Waals surface area (Å²) >= 11 is 5.43. The molecule has 1 aliphatic heterocycles. The first kappa shape index (κ1) is 23.6. The van der Waals surface area contributed by atoms with Crippen molar-refractivity contribution in [3.05, 3.63) is 32.6 Å². The summed E-state index contributed by atoms with van der Waals surface area (Å²) in [6.07, 6.45) is 4.84. The van der Waals surface area contributed by atoms with Crippen molar-refractivity contribution in [2.45, 2.75) is 76.7 Å². The predicted molar refractivity (Wildman–Crippen MR) is 133 cm³/mol. The number of nitrogens with zero attached hydrogens (tertiary/aromatic N) is 2. The largest absolute Gasteiger partial charge is 0.495 e. The second kappa shape index (κ2) is 8.98. The molecule has 174 valence electrons. The van der Waals surface area contributed by atoms with Crippen LogP contribution in [0.2, 0.25) is 0 Å². The second-order valence-corrected chi connectivity index (χ2v) is 11.7. The van der Waals surface area contributed by atoms with E-state index in [4.69, 9.17) is 14.5 Å². The van der Waals surface area contributed by atoms with Crippen molar-refractivity contribution in [3.63, 3.8) is 0 Å². The van der Waals surface area contributed by atoms with E-state index >= 15 is 0 Å². The topological polar surface area (TPSA) is 51.7 Å². The first-order valence-corrected chi connectivity index (χ1v) is 13.1. The highest BCUT2D eigenvalue weighted by atomic mass is 79.9. The molecule has 2 heterocycles. The zero-order valence-electron chi connectivity index (χ0n) is 19.7. The van der Waals surface area contributed by atoms with Gasteiger partial charge in [-0.05, 0) is 79.4 Å². The Hall–Kier alpha value is -1.60. The van der Waals surface area contributed by atoms with E-state index in [0.717, 1.165) is 58.8 Å². The van der Waals surface area contributed by atoms with Gasteiger partial charge in [0.05, 0.1) is 22.3 Å². The summed E-state index contributed by atoms with van der Waals surface area (Å²) in [5, 5.41) is 3.32. The smallest absolute Gasteiger partial charge is 0.410 e. The monoisotopic (exact) mass is 520 g/mol. The molecule has 2 aliphatic rings. The molecule has 0 N–H and O–H groups in total. The van der Waals surface area contributed by atoms with Gasteiger partial charge in [-0.2, -0.15) is 0 Å². The Balaban J connectivity index is 1.45. The molecule has 1 saturated carbocycles. The van der Waals surface area contributed by atoms with Crippen LogP contribution in [0.25, 0.3) is 11.3 Å². The molecule has 4 rings (SSSR count). The molecule has 7 heteroatoms. The van der Waals surface area contributed by atoms with E-state index in [9.17, 15) is 4.79 Å². The summed E-state index contributed by atoms with van der Waals surface area (Å²) in [5.41, 5.74) is 3.20. The summed E-state index contributed by atoms with van der Waals surface area (Å²) in [5.74, 6) is 1.33. The summed E-state index contributed by atoms with van der Waals surface area (Å²) in [4.78, 5) is 19.3. The lowest BCUT2D eigenvalue weighted by molar-refractivity contribution is 0.00750. The van der Waals surface area contributed by atoms with Gasteiger partial charge in [-0.1, -0.05) is 13.8 Å². The lowest BCUT2D eigenvalue weighted by Crippen LogP contribution is -2.42. The van der Waals surface area contributed by atoms with E-state index < -0.39 is 5.60 Å². The van der Waals surface area contributed by atoms with Gasteiger partial charge < -0.3 is 14.4 Å². The van der Waals surface area contributed by atoms with Crippen LogP contribution >= 0.6 is 27.3 Å². The minimum Gasteiger partial charge on any atom is -0.495 e. The number of likely N-dealkylation sites (tertiary alicyclic amines) is 1. The fourth-order valence-electron chi connectivity index (χ4n) is 4.14. The number of ether oxygens (including phenoxy) is 2. The molecule has 1 aliphatic carbocycles. The molecule has 0 unspecified atom stereocenters. The number of rotatable bonds is 6. The van der Waals surface area contributed by atoms with Crippen LogP contribution in [-0.2, 0) is 10.2 Å². The zero-order chi connectivity index (χ0) is 23.1. The number of methoxy groups -OCH3 is 1. The average Bonchev–Trinajstić information content (AvgIpc) is 3.33. The maximum atomic E-state index is 12.5. The van der Waals surface area contributed by atoms with Crippen LogP contribution in [0.3, 0.4) is 0 Å². The van der Waals surface area contributed by atoms with Crippen molar-refractivity contribution < 1.29 is 14.3 Å². The van der Waals surface area contributed by atoms with Gasteiger partial charge >= 0.3 is 6.09 Å². The number of aromatic nitrogens is 1. The Morgan fingerprint density at radius 2 is 2.00 bits per heavy atom. The van der Waals surface area contributed by atoms with Crippen LogP contribution < -0.4 is 4.74 Å². The molecule has 2 aromatic rings. The van der Waals surface area contributed by atoms with Gasteiger partial charge in [0.25, 0.3) is 0 Å². The molecule has 0 radical (unpaired) electrons. The van der Waals surface area contributed by atoms with Crippen LogP contribution in [0.15, 0.2) is 22.0 Å². The predicted octanol–water partition coefficient (Wildman–Crippen LogP) is 7.14. The van der Waals surface area contributed by atoms with Gasteiger partial charge in [-0.25, -0.2) is 9.78 Å². The lowest BCUT2D eigenvalue weighted by Gasteiger charge is -2.33. The minimum absolute atomic E-state index is 0.195. The van der Waals surface area contributed by atoms with Crippen LogP contribution in [0.5, 0.6) is 5.75 Å². The van der Waals surface area contributed by atoms with Crippen molar-refractivity contribution >= 4 is 33.4 Å². The van der Waals surface area contributed by atoms with Crippen molar-refractivity contribution in [3.8, 4) is 17.0 Å². The first-order valence-electron chi connectivity index (χ1n) is 11.5. The van der Waals surface area contributed by atoms with E-state index in [1.807, 2.05) is 25.7 Å². The SMILES string of the molecule is CCC(C)(C)OC(=O)N1CCC(c2nc(-c3cc(Br)c(OC)c(C4(C)CC4)c3)cs2)CC1. The standard InChI is InChI=1S/C25H33BrN2O3S/c1-6-24(2,3)31-23(29)28-11-7-16(8-12-28)22-27-20(15-32-22)17-13-18(25(4)9-10-25)21(30-5)19(26)14-17/h13-16H,6-12H2,1-5H3. The van der Waals surface area contributed by atoms with Crippen molar-refractivity contribution in [2.24, 2.45) is 0 Å². The highest BCUT2D eigenvalue weighted by molar-refractivity contribution is 9.10. The molecule has 32 heavy (non-hydrogen) atoms. The van der Waals surface area contributed by atoms with E-state index in [1.165, 1.54) is 18.4 Å². The molecule has 0 atom stereocenters. The number of piperidine rings is 1. The van der Waals surface area contributed by atoms with Gasteiger partial charge in [0.1, 0.15) is 11.4 Å².